The van der Waals surface area contributed by atoms with Crippen LogP contribution in [0.4, 0.5) is 5.69 Å². The van der Waals surface area contributed by atoms with Crippen molar-refractivity contribution in [2.24, 2.45) is 34.5 Å². The number of nitrogens with two attached hydrogens (primary N) is 1. The monoisotopic (exact) mass is 601 g/mol. The summed E-state index contributed by atoms with van der Waals surface area (Å²) >= 11 is 0. The van der Waals surface area contributed by atoms with Gasteiger partial charge in [0, 0.05) is 28.1 Å². The van der Waals surface area contributed by atoms with Crippen molar-refractivity contribution in [2.45, 2.75) is 71.6 Å². The minimum absolute atomic E-state index is 0.0167. The number of benzene rings is 2. The molecule has 234 valence electrons. The maximum Gasteiger partial charge on any atom is 0.181 e. The Hall–Kier alpha value is -3.30. The fourth-order valence-corrected chi connectivity index (χ4v) is 9.24. The van der Waals surface area contributed by atoms with Crippen molar-refractivity contribution in [2.75, 3.05) is 12.3 Å². The Morgan fingerprint density at radius 2 is 1.93 bits per heavy atom. The van der Waals surface area contributed by atoms with Gasteiger partial charge >= 0.3 is 0 Å². The van der Waals surface area contributed by atoms with Gasteiger partial charge in [-0.3, -0.25) is 9.59 Å². The molecule has 0 bridgehead atoms. The van der Waals surface area contributed by atoms with E-state index in [-0.39, 0.29) is 35.9 Å². The molecule has 0 heterocycles. The molecule has 0 aromatic heterocycles. The molecule has 2 unspecified atom stereocenters. The zero-order valence-corrected chi connectivity index (χ0v) is 25.6. The van der Waals surface area contributed by atoms with Crippen LogP contribution in [-0.4, -0.2) is 45.7 Å². The van der Waals surface area contributed by atoms with Gasteiger partial charge < -0.3 is 30.5 Å². The number of aliphatic hydroxyl groups is 3. The van der Waals surface area contributed by atoms with Crippen molar-refractivity contribution >= 4 is 17.3 Å². The van der Waals surface area contributed by atoms with Gasteiger partial charge in [0.05, 0.1) is 18.1 Å². The van der Waals surface area contributed by atoms with E-state index in [1.54, 1.807) is 24.3 Å². The average Bonchev–Trinajstić information content (AvgIpc) is 3.28. The highest BCUT2D eigenvalue weighted by Gasteiger charge is 2.65. The Kier molecular flexibility index (Phi) is 8.07. The van der Waals surface area contributed by atoms with Crippen molar-refractivity contribution in [3.63, 3.8) is 0 Å². The average molecular weight is 602 g/mol. The van der Waals surface area contributed by atoms with Gasteiger partial charge in [-0.1, -0.05) is 55.8 Å². The molecule has 9 atom stereocenters. The zero-order valence-electron chi connectivity index (χ0n) is 25.6. The SMILES string of the molecule is Cc1c(OCc2ccccc2N)cccc1[C@H](O)O[C@@H]1CC2[C@@H]3CCC4=CC(=O)C=C[C@]4(C)C3[C@@H](O)C[C@]2(C)[C@H]1C(=O)CO. The third-order valence-corrected chi connectivity index (χ3v) is 11.3. The van der Waals surface area contributed by atoms with Crippen LogP contribution in [0.15, 0.2) is 66.3 Å². The molecule has 3 saturated carbocycles. The van der Waals surface area contributed by atoms with Crippen LogP contribution < -0.4 is 10.5 Å². The summed E-state index contributed by atoms with van der Waals surface area (Å²) in [7, 11) is 0. The molecule has 4 aliphatic carbocycles. The highest BCUT2D eigenvalue weighted by atomic mass is 16.6. The number of rotatable bonds is 8. The molecule has 2 aromatic rings. The Morgan fingerprint density at radius 3 is 2.68 bits per heavy atom. The molecule has 0 spiro atoms. The third kappa shape index (κ3) is 5.02. The van der Waals surface area contributed by atoms with E-state index in [1.807, 2.05) is 50.3 Å². The fraction of sp³-hybridized carbons (Fsp3) is 0.500. The first-order valence-corrected chi connectivity index (χ1v) is 15.6. The first-order chi connectivity index (χ1) is 21.0. The lowest BCUT2D eigenvalue weighted by Gasteiger charge is -2.58. The quantitative estimate of drug-likeness (QED) is 0.254. The van der Waals surface area contributed by atoms with E-state index >= 15 is 0 Å². The molecule has 8 nitrogen and oxygen atoms in total. The maximum absolute atomic E-state index is 13.4. The largest absolute Gasteiger partial charge is 0.489 e. The second kappa shape index (κ2) is 11.6. The topological polar surface area (TPSA) is 139 Å². The summed E-state index contributed by atoms with van der Waals surface area (Å²) in [4.78, 5) is 25.6. The Bertz CT molecular complexity index is 1520. The van der Waals surface area contributed by atoms with E-state index in [0.717, 1.165) is 29.5 Å². The molecule has 4 aliphatic rings. The normalized spacial score (nSPS) is 34.9. The van der Waals surface area contributed by atoms with Crippen molar-refractivity contribution < 1.29 is 34.4 Å². The van der Waals surface area contributed by atoms with Gasteiger partial charge in [0.1, 0.15) is 19.0 Å². The Labute approximate surface area is 258 Å². The molecule has 2 aromatic carbocycles. The summed E-state index contributed by atoms with van der Waals surface area (Å²) in [6.07, 6.45) is 5.07. The first kappa shape index (κ1) is 30.7. The van der Waals surface area contributed by atoms with Crippen LogP contribution in [0.3, 0.4) is 0 Å². The minimum Gasteiger partial charge on any atom is -0.489 e. The molecule has 0 radical (unpaired) electrons. The number of fused-ring (bicyclic) bond motifs is 5. The number of para-hydroxylation sites is 1. The van der Waals surface area contributed by atoms with Crippen molar-refractivity contribution in [3.05, 3.63) is 83.0 Å². The van der Waals surface area contributed by atoms with Crippen LogP contribution in [0.2, 0.25) is 0 Å². The third-order valence-electron chi connectivity index (χ3n) is 11.3. The number of Topliss-reactive ketones (excluding diaryl/α,β-unsaturated/α-hetero) is 1. The van der Waals surface area contributed by atoms with Crippen LogP contribution in [0, 0.1) is 41.4 Å². The number of hydrogen-bond acceptors (Lipinski definition) is 8. The Balaban J connectivity index is 1.26. The highest BCUT2D eigenvalue weighted by Crippen LogP contribution is 2.66. The first-order valence-electron chi connectivity index (χ1n) is 15.6. The predicted octanol–water partition coefficient (Wildman–Crippen LogP) is 4.60. The summed E-state index contributed by atoms with van der Waals surface area (Å²) in [5.41, 5.74) is 8.83. The Morgan fingerprint density at radius 1 is 1.16 bits per heavy atom. The lowest BCUT2D eigenvalue weighted by atomic mass is 9.46. The molecule has 0 aliphatic heterocycles. The number of ketones is 2. The van der Waals surface area contributed by atoms with Crippen LogP contribution in [0.1, 0.15) is 62.5 Å². The minimum atomic E-state index is -1.32. The maximum atomic E-state index is 13.4. The predicted molar refractivity (Wildman–Crippen MR) is 165 cm³/mol. The van der Waals surface area contributed by atoms with Gasteiger partial charge in [-0.15, -0.1) is 0 Å². The van der Waals surface area contributed by atoms with Crippen LogP contribution in [0.5, 0.6) is 5.75 Å². The van der Waals surface area contributed by atoms with Gasteiger partial charge in [-0.25, -0.2) is 0 Å². The van der Waals surface area contributed by atoms with E-state index in [4.69, 9.17) is 15.2 Å². The van der Waals surface area contributed by atoms with Crippen molar-refractivity contribution in [1.29, 1.82) is 0 Å². The second-order valence-electron chi connectivity index (χ2n) is 13.6. The number of aliphatic hydroxyl groups excluding tert-OH is 3. The summed E-state index contributed by atoms with van der Waals surface area (Å²) < 4.78 is 12.4. The number of ether oxygens (including phenoxy) is 2. The van der Waals surface area contributed by atoms with Crippen LogP contribution in [-0.2, 0) is 20.9 Å². The number of anilines is 1. The van der Waals surface area contributed by atoms with Crippen LogP contribution >= 0.6 is 0 Å². The van der Waals surface area contributed by atoms with E-state index in [9.17, 15) is 24.9 Å². The number of hydrogen-bond donors (Lipinski definition) is 4. The molecule has 6 rings (SSSR count). The van der Waals surface area contributed by atoms with E-state index in [1.165, 1.54) is 0 Å². The molecule has 44 heavy (non-hydrogen) atoms. The van der Waals surface area contributed by atoms with Gasteiger partial charge in [0.25, 0.3) is 0 Å². The van der Waals surface area contributed by atoms with E-state index in [0.29, 0.717) is 29.8 Å². The second-order valence-corrected chi connectivity index (χ2v) is 13.6. The standard InChI is InChI=1S/C36H43NO7/c1-20-24(8-6-10-30(20)43-19-21-7-4-5-9-27(21)37)34(42)44-31-16-26-25-12-11-22-15-23(39)13-14-35(22,2)32(25)28(40)17-36(26,3)33(31)29(41)18-38/h4-10,13-15,25-26,28,31-34,38,40,42H,11-12,16-19,37H2,1-3H3/t25-,26?,28-,31+,32?,33-,34+,35-,36-/m0/s1. The van der Waals surface area contributed by atoms with Crippen LogP contribution in [0.25, 0.3) is 0 Å². The highest BCUT2D eigenvalue weighted by molar-refractivity contribution is 6.01. The van der Waals surface area contributed by atoms with Gasteiger partial charge in [0.15, 0.2) is 17.9 Å². The summed E-state index contributed by atoms with van der Waals surface area (Å²) in [5.74, 6) is -0.426. The number of allylic oxidation sites excluding steroid dienone is 4. The molecule has 3 fully saturated rings. The van der Waals surface area contributed by atoms with Gasteiger partial charge in [-0.05, 0) is 79.7 Å². The lowest BCUT2D eigenvalue weighted by molar-refractivity contribution is -0.167. The molecule has 5 N–H and O–H groups in total. The number of carbonyl (C=O) groups is 2. The van der Waals surface area contributed by atoms with Crippen molar-refractivity contribution in [3.8, 4) is 5.75 Å². The molecular weight excluding hydrogens is 558 g/mol. The summed E-state index contributed by atoms with van der Waals surface area (Å²) in [6, 6.07) is 12.9. The number of nitrogen functional groups attached to an aromatic ring is 1. The summed E-state index contributed by atoms with van der Waals surface area (Å²) in [5, 5.41) is 33.2. The number of carbonyl (C=O) groups excluding carboxylic acids is 2. The lowest BCUT2D eigenvalue weighted by Crippen LogP contribution is -2.56. The fourth-order valence-electron chi connectivity index (χ4n) is 9.24. The molecule has 0 saturated heterocycles. The molecule has 8 heteroatoms. The van der Waals surface area contributed by atoms with E-state index < -0.39 is 41.9 Å². The van der Waals surface area contributed by atoms with Crippen molar-refractivity contribution in [1.82, 2.24) is 0 Å². The smallest absolute Gasteiger partial charge is 0.181 e. The van der Waals surface area contributed by atoms with E-state index in [2.05, 4.69) is 6.92 Å². The van der Waals surface area contributed by atoms with Gasteiger partial charge in [0.2, 0.25) is 0 Å². The van der Waals surface area contributed by atoms with Gasteiger partial charge in [-0.2, -0.15) is 0 Å². The zero-order chi connectivity index (χ0) is 31.4. The molecular formula is C36H43NO7. The molecule has 0 amide bonds. The summed E-state index contributed by atoms with van der Waals surface area (Å²) in [6.45, 7) is 5.64.